The van der Waals surface area contributed by atoms with Crippen LogP contribution in [0, 0.1) is 0 Å². The first-order valence-electron chi connectivity index (χ1n) is 6.69. The minimum absolute atomic E-state index is 0.829. The SMILES string of the molecule is Cn1cc(-c2ccc3c(c2)/C(=C/C(=O)O)CCC3)cn1. The van der Waals surface area contributed by atoms with Crippen molar-refractivity contribution < 1.29 is 9.90 Å². The van der Waals surface area contributed by atoms with E-state index >= 15 is 0 Å². The smallest absolute Gasteiger partial charge is 0.328 e. The van der Waals surface area contributed by atoms with E-state index < -0.39 is 5.97 Å². The fourth-order valence-electron chi connectivity index (χ4n) is 2.75. The van der Waals surface area contributed by atoms with Crippen molar-refractivity contribution in [3.05, 3.63) is 47.8 Å². The summed E-state index contributed by atoms with van der Waals surface area (Å²) in [5, 5.41) is 13.2. The van der Waals surface area contributed by atoms with E-state index in [-0.39, 0.29) is 0 Å². The summed E-state index contributed by atoms with van der Waals surface area (Å²) >= 11 is 0. The first-order valence-corrected chi connectivity index (χ1v) is 6.69. The Hall–Kier alpha value is -2.36. The Labute approximate surface area is 117 Å². The number of benzene rings is 1. The molecule has 1 aliphatic carbocycles. The number of aromatic nitrogens is 2. The monoisotopic (exact) mass is 268 g/mol. The van der Waals surface area contributed by atoms with E-state index in [4.69, 9.17) is 5.11 Å². The van der Waals surface area contributed by atoms with Gasteiger partial charge in [-0.05, 0) is 47.6 Å². The Kier molecular flexibility index (Phi) is 3.14. The molecule has 0 atom stereocenters. The molecule has 2 aromatic rings. The largest absolute Gasteiger partial charge is 0.478 e. The lowest BCUT2D eigenvalue weighted by molar-refractivity contribution is -0.131. The van der Waals surface area contributed by atoms with E-state index in [0.29, 0.717) is 0 Å². The lowest BCUT2D eigenvalue weighted by Crippen LogP contribution is -2.04. The van der Waals surface area contributed by atoms with Crippen molar-refractivity contribution in [2.24, 2.45) is 7.05 Å². The van der Waals surface area contributed by atoms with Gasteiger partial charge in [-0.2, -0.15) is 5.10 Å². The molecular weight excluding hydrogens is 252 g/mol. The van der Waals surface area contributed by atoms with E-state index in [9.17, 15) is 4.79 Å². The Morgan fingerprint density at radius 1 is 1.35 bits per heavy atom. The zero-order chi connectivity index (χ0) is 14.1. The number of hydrogen-bond donors (Lipinski definition) is 1. The molecule has 0 fully saturated rings. The lowest BCUT2D eigenvalue weighted by atomic mass is 9.85. The van der Waals surface area contributed by atoms with Crippen LogP contribution < -0.4 is 0 Å². The molecule has 4 nitrogen and oxygen atoms in total. The summed E-state index contributed by atoms with van der Waals surface area (Å²) in [5.41, 5.74) is 5.35. The number of aliphatic carboxylic acids is 1. The van der Waals surface area contributed by atoms with Crippen molar-refractivity contribution in [3.8, 4) is 11.1 Å². The van der Waals surface area contributed by atoms with Gasteiger partial charge < -0.3 is 5.11 Å². The van der Waals surface area contributed by atoms with Gasteiger partial charge in [-0.1, -0.05) is 12.1 Å². The Bertz CT molecular complexity index is 698. The van der Waals surface area contributed by atoms with Crippen LogP contribution in [0.1, 0.15) is 24.0 Å². The summed E-state index contributed by atoms with van der Waals surface area (Å²) in [6.07, 6.45) is 7.98. The van der Waals surface area contributed by atoms with Crippen molar-refractivity contribution >= 4 is 11.5 Å². The highest BCUT2D eigenvalue weighted by molar-refractivity contribution is 5.91. The Morgan fingerprint density at radius 3 is 2.90 bits per heavy atom. The number of aryl methyl sites for hydroxylation is 2. The third-order valence-corrected chi connectivity index (χ3v) is 3.68. The van der Waals surface area contributed by atoms with E-state index in [2.05, 4.69) is 23.3 Å². The highest BCUT2D eigenvalue weighted by Gasteiger charge is 2.16. The fraction of sp³-hybridized carbons (Fsp3) is 0.250. The predicted molar refractivity (Wildman–Crippen MR) is 77.2 cm³/mol. The number of carboxylic acids is 1. The standard InChI is InChI=1S/C16H16N2O2/c1-18-10-14(9-17-18)12-6-5-11-3-2-4-13(8-16(19)20)15(11)7-12/h5-10H,2-4H2,1H3,(H,19,20)/b13-8+. The molecule has 4 heteroatoms. The normalized spacial score (nSPS) is 16.1. The van der Waals surface area contributed by atoms with Crippen LogP contribution in [-0.4, -0.2) is 20.9 Å². The highest BCUT2D eigenvalue weighted by atomic mass is 16.4. The molecule has 0 amide bonds. The fourth-order valence-corrected chi connectivity index (χ4v) is 2.75. The molecule has 1 heterocycles. The minimum Gasteiger partial charge on any atom is -0.478 e. The first-order chi connectivity index (χ1) is 9.63. The second-order valence-corrected chi connectivity index (χ2v) is 5.14. The van der Waals surface area contributed by atoms with Crippen molar-refractivity contribution in [1.29, 1.82) is 0 Å². The molecule has 102 valence electrons. The molecule has 3 rings (SSSR count). The zero-order valence-corrected chi connectivity index (χ0v) is 11.3. The highest BCUT2D eigenvalue weighted by Crippen LogP contribution is 2.33. The topological polar surface area (TPSA) is 55.1 Å². The summed E-state index contributed by atoms with van der Waals surface area (Å²) in [6, 6.07) is 6.27. The van der Waals surface area contributed by atoms with Gasteiger partial charge in [-0.15, -0.1) is 0 Å². The number of fused-ring (bicyclic) bond motifs is 1. The van der Waals surface area contributed by atoms with E-state index in [1.807, 2.05) is 19.4 Å². The summed E-state index contributed by atoms with van der Waals surface area (Å²) < 4.78 is 1.77. The van der Waals surface area contributed by atoms with Crippen LogP contribution in [0.15, 0.2) is 36.7 Å². The molecule has 0 aliphatic heterocycles. The molecule has 0 spiro atoms. The number of carbonyl (C=O) groups is 1. The number of allylic oxidation sites excluding steroid dienone is 1. The van der Waals surface area contributed by atoms with Gasteiger partial charge in [0.15, 0.2) is 0 Å². The van der Waals surface area contributed by atoms with Gasteiger partial charge >= 0.3 is 5.97 Å². The molecular formula is C16H16N2O2. The van der Waals surface area contributed by atoms with Gasteiger partial charge in [-0.25, -0.2) is 4.79 Å². The minimum atomic E-state index is -0.875. The number of rotatable bonds is 2. The third-order valence-electron chi connectivity index (χ3n) is 3.68. The first kappa shape index (κ1) is 12.7. The molecule has 20 heavy (non-hydrogen) atoms. The van der Waals surface area contributed by atoms with Gasteiger partial charge in [-0.3, -0.25) is 4.68 Å². The summed E-state index contributed by atoms with van der Waals surface area (Å²) in [4.78, 5) is 10.9. The number of carboxylic acid groups (broad SMARTS) is 1. The maximum absolute atomic E-state index is 10.9. The van der Waals surface area contributed by atoms with Crippen LogP contribution in [0.25, 0.3) is 16.7 Å². The van der Waals surface area contributed by atoms with Gasteiger partial charge in [0, 0.05) is 24.9 Å². The van der Waals surface area contributed by atoms with Crippen LogP contribution in [0.2, 0.25) is 0 Å². The van der Waals surface area contributed by atoms with Crippen LogP contribution >= 0.6 is 0 Å². The number of hydrogen-bond acceptors (Lipinski definition) is 2. The molecule has 0 saturated carbocycles. The maximum Gasteiger partial charge on any atom is 0.328 e. The number of nitrogens with zero attached hydrogens (tertiary/aromatic N) is 2. The summed E-state index contributed by atoms with van der Waals surface area (Å²) in [6.45, 7) is 0. The zero-order valence-electron chi connectivity index (χ0n) is 11.3. The van der Waals surface area contributed by atoms with Gasteiger partial charge in [0.05, 0.1) is 6.20 Å². The quantitative estimate of drug-likeness (QED) is 0.852. The molecule has 1 N–H and O–H groups in total. The maximum atomic E-state index is 10.9. The van der Waals surface area contributed by atoms with Crippen molar-refractivity contribution in [2.75, 3.05) is 0 Å². The third kappa shape index (κ3) is 2.37. The van der Waals surface area contributed by atoms with Gasteiger partial charge in [0.2, 0.25) is 0 Å². The predicted octanol–water partition coefficient (Wildman–Crippen LogP) is 2.89. The van der Waals surface area contributed by atoms with E-state index in [0.717, 1.165) is 41.5 Å². The lowest BCUT2D eigenvalue weighted by Gasteiger charge is -2.19. The Balaban J connectivity index is 2.08. The van der Waals surface area contributed by atoms with E-state index in [1.165, 1.54) is 11.6 Å². The summed E-state index contributed by atoms with van der Waals surface area (Å²) in [7, 11) is 1.89. The molecule has 1 aromatic heterocycles. The van der Waals surface area contributed by atoms with Crippen LogP contribution in [0.5, 0.6) is 0 Å². The van der Waals surface area contributed by atoms with Gasteiger partial charge in [0.25, 0.3) is 0 Å². The van der Waals surface area contributed by atoms with Gasteiger partial charge in [0.1, 0.15) is 0 Å². The Morgan fingerprint density at radius 2 is 2.20 bits per heavy atom. The average molecular weight is 268 g/mol. The molecule has 0 saturated heterocycles. The molecule has 0 radical (unpaired) electrons. The van der Waals surface area contributed by atoms with Crippen molar-refractivity contribution in [3.63, 3.8) is 0 Å². The second-order valence-electron chi connectivity index (χ2n) is 5.14. The van der Waals surface area contributed by atoms with E-state index in [1.54, 1.807) is 4.68 Å². The van der Waals surface area contributed by atoms with Crippen LogP contribution in [-0.2, 0) is 18.3 Å². The average Bonchev–Trinajstić information content (AvgIpc) is 2.85. The molecule has 0 bridgehead atoms. The summed E-state index contributed by atoms with van der Waals surface area (Å²) in [5.74, 6) is -0.875. The van der Waals surface area contributed by atoms with Crippen molar-refractivity contribution in [1.82, 2.24) is 9.78 Å². The molecule has 1 aliphatic rings. The van der Waals surface area contributed by atoms with Crippen molar-refractivity contribution in [2.45, 2.75) is 19.3 Å². The van der Waals surface area contributed by atoms with Crippen LogP contribution in [0.4, 0.5) is 0 Å². The van der Waals surface area contributed by atoms with Crippen LogP contribution in [0.3, 0.4) is 0 Å². The molecule has 0 unspecified atom stereocenters. The molecule has 1 aromatic carbocycles. The second kappa shape index (κ2) is 4.96.